The van der Waals surface area contributed by atoms with Crippen molar-refractivity contribution in [2.24, 2.45) is 0 Å². The first-order chi connectivity index (χ1) is 15.3. The summed E-state index contributed by atoms with van der Waals surface area (Å²) in [5, 5.41) is 4.55. The van der Waals surface area contributed by atoms with Crippen molar-refractivity contribution in [3.05, 3.63) is 73.7 Å². The molecule has 0 aliphatic rings. The Morgan fingerprint density at radius 2 is 1.61 bits per heavy atom. The Bertz CT molecular complexity index is 1010. The van der Waals surface area contributed by atoms with Crippen molar-refractivity contribution in [2.45, 2.75) is 18.3 Å². The van der Waals surface area contributed by atoms with Crippen molar-refractivity contribution in [1.82, 2.24) is 10.6 Å². The van der Waals surface area contributed by atoms with Crippen LogP contribution in [0.5, 0.6) is 0 Å². The van der Waals surface area contributed by atoms with Gasteiger partial charge in [-0.1, -0.05) is 53.0 Å². The third-order valence-corrected chi connectivity index (χ3v) is 5.65. The van der Waals surface area contributed by atoms with Crippen LogP contribution in [0, 0.1) is 0 Å². The SMILES string of the molecule is CNCCNC(=O)c1ccc(C=CC(c2cc(Cl)c(Cl)c(Cl)c2)C(F)(F)F)cc1C(F)(F)F. The van der Waals surface area contributed by atoms with Crippen LogP contribution in [-0.2, 0) is 6.18 Å². The minimum absolute atomic E-state index is 0.0910. The van der Waals surface area contributed by atoms with E-state index in [9.17, 15) is 31.1 Å². The Morgan fingerprint density at radius 3 is 2.12 bits per heavy atom. The predicted molar refractivity (Wildman–Crippen MR) is 117 cm³/mol. The Labute approximate surface area is 200 Å². The van der Waals surface area contributed by atoms with Crippen LogP contribution in [0.25, 0.3) is 6.08 Å². The standard InChI is InChI=1S/C21H17Cl3F6N2O/c1-31-6-7-32-19(33)13-4-2-11(8-15(13)21(28,29)30)3-5-14(20(25,26)27)12-9-16(22)18(24)17(23)10-12/h2-5,8-10,14,31H,6-7H2,1H3,(H,32,33). The van der Waals surface area contributed by atoms with Crippen molar-refractivity contribution in [3.8, 4) is 0 Å². The second kappa shape index (κ2) is 11.0. The van der Waals surface area contributed by atoms with Gasteiger partial charge in [-0.05, 0) is 42.4 Å². The fourth-order valence-electron chi connectivity index (χ4n) is 2.87. The summed E-state index contributed by atoms with van der Waals surface area (Å²) in [4.78, 5) is 12.1. The summed E-state index contributed by atoms with van der Waals surface area (Å²) in [6.45, 7) is 0.430. The Kier molecular flexibility index (Phi) is 9.09. The number of hydrogen-bond donors (Lipinski definition) is 2. The lowest BCUT2D eigenvalue weighted by Crippen LogP contribution is -2.31. The first kappa shape index (κ1) is 27.3. The van der Waals surface area contributed by atoms with E-state index in [1.807, 2.05) is 0 Å². The molecule has 0 bridgehead atoms. The van der Waals surface area contributed by atoms with Crippen LogP contribution < -0.4 is 10.6 Å². The summed E-state index contributed by atoms with van der Waals surface area (Å²) in [7, 11) is 1.61. The highest BCUT2D eigenvalue weighted by atomic mass is 35.5. The van der Waals surface area contributed by atoms with Gasteiger partial charge in [-0.3, -0.25) is 4.79 Å². The summed E-state index contributed by atoms with van der Waals surface area (Å²) in [6.07, 6.45) is -8.14. The molecule has 0 aliphatic carbocycles. The molecular formula is C21H17Cl3F6N2O. The van der Waals surface area contributed by atoms with Gasteiger partial charge < -0.3 is 10.6 Å². The summed E-state index contributed by atoms with van der Waals surface area (Å²) in [5.74, 6) is -3.17. The van der Waals surface area contributed by atoms with Gasteiger partial charge in [0.1, 0.15) is 0 Å². The van der Waals surface area contributed by atoms with Gasteiger partial charge in [0.05, 0.1) is 32.1 Å². The number of allylic oxidation sites excluding steroid dienone is 1. The average molecular weight is 534 g/mol. The van der Waals surface area contributed by atoms with E-state index in [0.717, 1.165) is 30.3 Å². The number of amides is 1. The summed E-state index contributed by atoms with van der Waals surface area (Å²) in [5.41, 5.74) is -2.43. The van der Waals surface area contributed by atoms with E-state index in [1.54, 1.807) is 7.05 Å². The van der Waals surface area contributed by atoms with Gasteiger partial charge in [0.25, 0.3) is 5.91 Å². The van der Waals surface area contributed by atoms with Crippen molar-refractivity contribution < 1.29 is 31.1 Å². The number of halogens is 9. The summed E-state index contributed by atoms with van der Waals surface area (Å²) >= 11 is 17.4. The lowest BCUT2D eigenvalue weighted by Gasteiger charge is -2.19. The molecule has 1 atom stereocenters. The molecule has 1 unspecified atom stereocenters. The lowest BCUT2D eigenvalue weighted by atomic mass is 9.96. The highest BCUT2D eigenvalue weighted by molar-refractivity contribution is 6.48. The zero-order chi connectivity index (χ0) is 25.0. The molecule has 0 aromatic heterocycles. The summed E-state index contributed by atoms with van der Waals surface area (Å²) < 4.78 is 81.5. The van der Waals surface area contributed by atoms with E-state index in [0.29, 0.717) is 18.7 Å². The zero-order valence-corrected chi connectivity index (χ0v) is 19.1. The van der Waals surface area contributed by atoms with E-state index < -0.39 is 35.3 Å². The third-order valence-electron chi connectivity index (χ3n) is 4.45. The summed E-state index contributed by atoms with van der Waals surface area (Å²) in [6, 6.07) is 4.61. The van der Waals surface area contributed by atoms with Gasteiger partial charge in [-0.25, -0.2) is 0 Å². The first-order valence-corrected chi connectivity index (χ1v) is 10.4. The van der Waals surface area contributed by atoms with E-state index in [2.05, 4.69) is 10.6 Å². The fourth-order valence-corrected chi connectivity index (χ4v) is 3.48. The van der Waals surface area contributed by atoms with Gasteiger partial charge >= 0.3 is 12.4 Å². The molecule has 0 spiro atoms. The van der Waals surface area contributed by atoms with E-state index in [-0.39, 0.29) is 32.7 Å². The largest absolute Gasteiger partial charge is 0.417 e. The molecule has 0 radical (unpaired) electrons. The Morgan fingerprint density at radius 1 is 1.00 bits per heavy atom. The molecule has 33 heavy (non-hydrogen) atoms. The molecule has 0 aliphatic heterocycles. The number of likely N-dealkylation sites (N-methyl/N-ethyl adjacent to an activating group) is 1. The van der Waals surface area contributed by atoms with E-state index in [4.69, 9.17) is 34.8 Å². The molecule has 2 N–H and O–H groups in total. The van der Waals surface area contributed by atoms with Crippen molar-refractivity contribution in [3.63, 3.8) is 0 Å². The molecule has 2 aromatic rings. The van der Waals surface area contributed by atoms with Crippen molar-refractivity contribution in [1.29, 1.82) is 0 Å². The molecule has 0 heterocycles. The molecule has 3 nitrogen and oxygen atoms in total. The molecule has 1 amide bonds. The smallest absolute Gasteiger partial charge is 0.351 e. The van der Waals surface area contributed by atoms with Gasteiger partial charge in [0.2, 0.25) is 0 Å². The molecule has 2 rings (SSSR count). The maximum absolute atomic E-state index is 13.7. The number of rotatable bonds is 7. The number of benzene rings is 2. The maximum atomic E-state index is 13.7. The number of alkyl halides is 6. The van der Waals surface area contributed by atoms with Crippen LogP contribution >= 0.6 is 34.8 Å². The minimum Gasteiger partial charge on any atom is -0.351 e. The van der Waals surface area contributed by atoms with Crippen molar-refractivity contribution >= 4 is 46.8 Å². The molecule has 2 aromatic carbocycles. The monoisotopic (exact) mass is 532 g/mol. The lowest BCUT2D eigenvalue weighted by molar-refractivity contribution is -0.139. The van der Waals surface area contributed by atoms with Gasteiger partial charge in [-0.15, -0.1) is 0 Å². The van der Waals surface area contributed by atoms with Gasteiger partial charge in [0, 0.05) is 13.1 Å². The van der Waals surface area contributed by atoms with Gasteiger partial charge in [0.15, 0.2) is 0 Å². The van der Waals surface area contributed by atoms with Crippen LogP contribution in [0.2, 0.25) is 15.1 Å². The second-order valence-electron chi connectivity index (χ2n) is 6.84. The molecule has 0 fully saturated rings. The molecule has 180 valence electrons. The molecule has 0 saturated heterocycles. The quantitative estimate of drug-likeness (QED) is 0.229. The van der Waals surface area contributed by atoms with E-state index >= 15 is 0 Å². The number of carbonyl (C=O) groups excluding carboxylic acids is 1. The first-order valence-electron chi connectivity index (χ1n) is 9.29. The Balaban J connectivity index is 2.44. The number of carbonyl (C=O) groups is 1. The molecular weight excluding hydrogens is 517 g/mol. The van der Waals surface area contributed by atoms with Crippen LogP contribution in [0.1, 0.15) is 33.0 Å². The average Bonchev–Trinajstić information content (AvgIpc) is 2.70. The molecule has 12 heteroatoms. The third kappa shape index (κ3) is 7.27. The van der Waals surface area contributed by atoms with Gasteiger partial charge in [-0.2, -0.15) is 26.3 Å². The van der Waals surface area contributed by atoms with Crippen molar-refractivity contribution in [2.75, 3.05) is 20.1 Å². The second-order valence-corrected chi connectivity index (χ2v) is 8.03. The molecule has 0 saturated carbocycles. The highest BCUT2D eigenvalue weighted by Gasteiger charge is 2.39. The number of nitrogens with one attached hydrogen (secondary N) is 2. The number of hydrogen-bond acceptors (Lipinski definition) is 2. The maximum Gasteiger partial charge on any atom is 0.417 e. The van der Waals surface area contributed by atoms with E-state index in [1.165, 1.54) is 0 Å². The topological polar surface area (TPSA) is 41.1 Å². The fraction of sp³-hybridized carbons (Fsp3) is 0.286. The highest BCUT2D eigenvalue weighted by Crippen LogP contribution is 2.41. The predicted octanol–water partition coefficient (Wildman–Crippen LogP) is 6.97. The zero-order valence-electron chi connectivity index (χ0n) is 16.8. The van der Waals surface area contributed by atoms with Crippen LogP contribution in [-0.4, -0.2) is 32.2 Å². The Hall–Kier alpha value is -1.94. The normalized spacial score (nSPS) is 13.4. The van der Waals surface area contributed by atoms with Crippen LogP contribution in [0.15, 0.2) is 36.4 Å². The van der Waals surface area contributed by atoms with Crippen LogP contribution in [0.4, 0.5) is 26.3 Å². The minimum atomic E-state index is -4.90. The van der Waals surface area contributed by atoms with Crippen LogP contribution in [0.3, 0.4) is 0 Å².